The Morgan fingerprint density at radius 3 is 2.95 bits per heavy atom. The summed E-state index contributed by atoms with van der Waals surface area (Å²) in [6, 6.07) is 5.38. The summed E-state index contributed by atoms with van der Waals surface area (Å²) in [5.41, 5.74) is 1.26. The summed E-state index contributed by atoms with van der Waals surface area (Å²) >= 11 is 0. The van der Waals surface area contributed by atoms with E-state index in [2.05, 4.69) is 22.4 Å². The fraction of sp³-hybridized carbons (Fsp3) is 0.438. The fourth-order valence-electron chi connectivity index (χ4n) is 2.70. The number of carbonyl (C=O) groups excluding carboxylic acids is 1. The Morgan fingerprint density at radius 1 is 1.45 bits per heavy atom. The first kappa shape index (κ1) is 14.6. The molecule has 22 heavy (non-hydrogen) atoms. The molecule has 0 radical (unpaired) electrons. The van der Waals surface area contributed by atoms with Gasteiger partial charge in [-0.2, -0.15) is 0 Å². The van der Waals surface area contributed by atoms with Crippen LogP contribution in [0.5, 0.6) is 0 Å². The van der Waals surface area contributed by atoms with Crippen LogP contribution in [0.4, 0.5) is 11.5 Å². The highest BCUT2D eigenvalue weighted by Crippen LogP contribution is 2.19. The zero-order valence-corrected chi connectivity index (χ0v) is 12.9. The normalized spacial score (nSPS) is 18.3. The first-order valence-corrected chi connectivity index (χ1v) is 7.57. The van der Waals surface area contributed by atoms with E-state index in [9.17, 15) is 4.79 Å². The summed E-state index contributed by atoms with van der Waals surface area (Å²) in [7, 11) is 0. The maximum absolute atomic E-state index is 12.4. The summed E-state index contributed by atoms with van der Waals surface area (Å²) in [5.74, 6) is 1.94. The highest BCUT2D eigenvalue weighted by Gasteiger charge is 2.22. The second kappa shape index (κ2) is 6.17. The molecule has 0 spiro atoms. The fourth-order valence-corrected chi connectivity index (χ4v) is 2.70. The molecule has 2 aromatic heterocycles. The average Bonchev–Trinajstić information content (AvgIpc) is 2.92. The molecule has 1 unspecified atom stereocenters. The number of carbonyl (C=O) groups is 1. The molecule has 1 aliphatic heterocycles. The number of pyridine rings is 1. The van der Waals surface area contributed by atoms with Gasteiger partial charge in [-0.1, -0.05) is 12.1 Å². The molecule has 3 rings (SSSR count). The standard InChI is InChI=1S/C16H20N4O2/c1-11-4-3-7-20(10-11)16(21)14-6-5-13(9-17-14)18-15-8-12(2)22-19-15/h5-6,8-9,11H,3-4,7,10H2,1-2H3,(H,18,19). The van der Waals surface area contributed by atoms with Gasteiger partial charge in [0.1, 0.15) is 11.5 Å². The molecule has 2 aromatic rings. The van der Waals surface area contributed by atoms with Crippen LogP contribution in [0.15, 0.2) is 28.9 Å². The van der Waals surface area contributed by atoms with Crippen LogP contribution in [0.25, 0.3) is 0 Å². The Labute approximate surface area is 129 Å². The lowest BCUT2D eigenvalue weighted by atomic mass is 10.00. The molecule has 0 bridgehead atoms. The van der Waals surface area contributed by atoms with Gasteiger partial charge in [-0.05, 0) is 37.8 Å². The van der Waals surface area contributed by atoms with Gasteiger partial charge in [0.15, 0.2) is 5.82 Å². The van der Waals surface area contributed by atoms with Crippen LogP contribution in [0.1, 0.15) is 36.0 Å². The molecule has 1 N–H and O–H groups in total. The number of hydrogen-bond acceptors (Lipinski definition) is 5. The van der Waals surface area contributed by atoms with Crippen molar-refractivity contribution in [3.63, 3.8) is 0 Å². The van der Waals surface area contributed by atoms with Crippen LogP contribution < -0.4 is 5.32 Å². The summed E-state index contributed by atoms with van der Waals surface area (Å²) in [4.78, 5) is 18.6. The van der Waals surface area contributed by atoms with E-state index in [-0.39, 0.29) is 5.91 Å². The lowest BCUT2D eigenvalue weighted by molar-refractivity contribution is 0.0677. The molecule has 1 amide bonds. The summed E-state index contributed by atoms with van der Waals surface area (Å²) in [6.07, 6.45) is 3.90. The average molecular weight is 300 g/mol. The number of amides is 1. The highest BCUT2D eigenvalue weighted by molar-refractivity contribution is 5.92. The third kappa shape index (κ3) is 3.27. The molecule has 0 saturated carbocycles. The van der Waals surface area contributed by atoms with Crippen molar-refractivity contribution in [3.05, 3.63) is 35.9 Å². The van der Waals surface area contributed by atoms with E-state index >= 15 is 0 Å². The van der Waals surface area contributed by atoms with Crippen molar-refractivity contribution in [1.82, 2.24) is 15.0 Å². The van der Waals surface area contributed by atoms with Crippen molar-refractivity contribution in [2.45, 2.75) is 26.7 Å². The predicted molar refractivity (Wildman–Crippen MR) is 83.1 cm³/mol. The topological polar surface area (TPSA) is 71.3 Å². The van der Waals surface area contributed by atoms with Crippen LogP contribution in [0.2, 0.25) is 0 Å². The number of rotatable bonds is 3. The van der Waals surface area contributed by atoms with Gasteiger partial charge < -0.3 is 14.7 Å². The van der Waals surface area contributed by atoms with Crippen LogP contribution in [-0.4, -0.2) is 34.0 Å². The lowest BCUT2D eigenvalue weighted by Gasteiger charge is -2.30. The Balaban J connectivity index is 1.67. The van der Waals surface area contributed by atoms with Crippen LogP contribution in [0.3, 0.4) is 0 Å². The monoisotopic (exact) mass is 300 g/mol. The van der Waals surface area contributed by atoms with Crippen molar-refractivity contribution in [2.24, 2.45) is 5.92 Å². The number of hydrogen-bond donors (Lipinski definition) is 1. The maximum Gasteiger partial charge on any atom is 0.272 e. The number of nitrogens with zero attached hydrogens (tertiary/aromatic N) is 3. The van der Waals surface area contributed by atoms with Crippen LogP contribution in [-0.2, 0) is 0 Å². The van der Waals surface area contributed by atoms with Crippen molar-refractivity contribution < 1.29 is 9.32 Å². The molecule has 1 saturated heterocycles. The van der Waals surface area contributed by atoms with Crippen molar-refractivity contribution in [3.8, 4) is 0 Å². The molecular weight excluding hydrogens is 280 g/mol. The van der Waals surface area contributed by atoms with E-state index in [4.69, 9.17) is 4.52 Å². The van der Waals surface area contributed by atoms with Crippen molar-refractivity contribution in [1.29, 1.82) is 0 Å². The Bertz CT molecular complexity index is 650. The van der Waals surface area contributed by atoms with Gasteiger partial charge in [0, 0.05) is 19.2 Å². The molecule has 6 nitrogen and oxygen atoms in total. The van der Waals surface area contributed by atoms with E-state index in [1.165, 1.54) is 6.42 Å². The van der Waals surface area contributed by atoms with Gasteiger partial charge in [0.05, 0.1) is 11.9 Å². The van der Waals surface area contributed by atoms with Crippen molar-refractivity contribution >= 4 is 17.4 Å². The minimum atomic E-state index is 0.00961. The molecule has 116 valence electrons. The number of nitrogens with one attached hydrogen (secondary N) is 1. The van der Waals surface area contributed by atoms with Gasteiger partial charge in [-0.25, -0.2) is 4.98 Å². The van der Waals surface area contributed by atoms with Gasteiger partial charge in [-0.3, -0.25) is 4.79 Å². The molecule has 1 atom stereocenters. The minimum Gasteiger partial charge on any atom is -0.360 e. The third-order valence-electron chi connectivity index (χ3n) is 3.83. The number of likely N-dealkylation sites (tertiary alicyclic amines) is 1. The van der Waals surface area contributed by atoms with Gasteiger partial charge in [-0.15, -0.1) is 0 Å². The first-order valence-electron chi connectivity index (χ1n) is 7.57. The number of aromatic nitrogens is 2. The minimum absolute atomic E-state index is 0.00961. The summed E-state index contributed by atoms with van der Waals surface area (Å²) in [6.45, 7) is 5.65. The van der Waals surface area contributed by atoms with Gasteiger partial charge in [0.2, 0.25) is 0 Å². The largest absolute Gasteiger partial charge is 0.360 e. The van der Waals surface area contributed by atoms with Gasteiger partial charge >= 0.3 is 0 Å². The number of anilines is 2. The second-order valence-electron chi connectivity index (χ2n) is 5.88. The van der Waals surface area contributed by atoms with E-state index < -0.39 is 0 Å². The predicted octanol–water partition coefficient (Wildman–Crippen LogP) is 2.99. The maximum atomic E-state index is 12.4. The van der Waals surface area contributed by atoms with Crippen LogP contribution >= 0.6 is 0 Å². The molecule has 6 heteroatoms. The summed E-state index contributed by atoms with van der Waals surface area (Å²) < 4.78 is 4.99. The lowest BCUT2D eigenvalue weighted by Crippen LogP contribution is -2.39. The first-order chi connectivity index (χ1) is 10.6. The van der Waals surface area contributed by atoms with E-state index in [1.54, 1.807) is 18.3 Å². The molecule has 1 fully saturated rings. The Hall–Kier alpha value is -2.37. The molecule has 0 aliphatic carbocycles. The SMILES string of the molecule is Cc1cc(Nc2ccc(C(=O)N3CCCC(C)C3)nc2)no1. The Morgan fingerprint density at radius 2 is 2.32 bits per heavy atom. The quantitative estimate of drug-likeness (QED) is 0.943. The zero-order valence-electron chi connectivity index (χ0n) is 12.9. The van der Waals surface area contributed by atoms with E-state index in [0.717, 1.165) is 31.0 Å². The third-order valence-corrected chi connectivity index (χ3v) is 3.83. The van der Waals surface area contributed by atoms with E-state index in [0.29, 0.717) is 17.4 Å². The molecule has 3 heterocycles. The van der Waals surface area contributed by atoms with E-state index in [1.807, 2.05) is 17.9 Å². The molecular formula is C16H20N4O2. The van der Waals surface area contributed by atoms with Gasteiger partial charge in [0.25, 0.3) is 5.91 Å². The summed E-state index contributed by atoms with van der Waals surface area (Å²) in [5, 5.41) is 6.95. The second-order valence-corrected chi connectivity index (χ2v) is 5.88. The highest BCUT2D eigenvalue weighted by atomic mass is 16.5. The molecule has 1 aliphatic rings. The number of aryl methyl sites for hydroxylation is 1. The smallest absolute Gasteiger partial charge is 0.272 e. The zero-order chi connectivity index (χ0) is 15.5. The number of piperidine rings is 1. The molecule has 0 aromatic carbocycles. The van der Waals surface area contributed by atoms with Crippen molar-refractivity contribution in [2.75, 3.05) is 18.4 Å². The Kier molecular flexibility index (Phi) is 4.09. The van der Waals surface area contributed by atoms with Crippen LogP contribution in [0, 0.1) is 12.8 Å².